The Morgan fingerprint density at radius 3 is 2.88 bits per heavy atom. The van der Waals surface area contributed by atoms with Gasteiger partial charge in [-0.25, -0.2) is 0 Å². The van der Waals surface area contributed by atoms with E-state index in [4.69, 9.17) is 0 Å². The minimum atomic E-state index is -0.0855. The molecule has 2 aliphatic rings. The monoisotopic (exact) mass is 338 g/mol. The summed E-state index contributed by atoms with van der Waals surface area (Å²) in [6.07, 6.45) is 3.89. The molecule has 1 unspecified atom stereocenters. The van der Waals surface area contributed by atoms with Crippen LogP contribution in [-0.4, -0.2) is 40.0 Å². The lowest BCUT2D eigenvalue weighted by Crippen LogP contribution is -2.37. The lowest BCUT2D eigenvalue weighted by Gasteiger charge is -2.34. The summed E-state index contributed by atoms with van der Waals surface area (Å²) in [6.45, 7) is 3.05. The molecule has 6 heteroatoms. The van der Waals surface area contributed by atoms with Gasteiger partial charge in [-0.15, -0.1) is 0 Å². The highest BCUT2D eigenvalue weighted by atomic mass is 16.2. The summed E-state index contributed by atoms with van der Waals surface area (Å²) in [4.78, 5) is 28.4. The van der Waals surface area contributed by atoms with E-state index in [9.17, 15) is 9.59 Å². The first kappa shape index (κ1) is 15.9. The van der Waals surface area contributed by atoms with Crippen LogP contribution in [0, 0.1) is 0 Å². The summed E-state index contributed by atoms with van der Waals surface area (Å²) in [6, 6.07) is 9.80. The predicted octanol–water partition coefficient (Wildman–Crippen LogP) is 2.69. The van der Waals surface area contributed by atoms with E-state index in [0.717, 1.165) is 43.6 Å². The second-order valence-electron chi connectivity index (χ2n) is 6.77. The molecule has 130 valence electrons. The predicted molar refractivity (Wildman–Crippen MR) is 94.4 cm³/mol. The third-order valence-corrected chi connectivity index (χ3v) is 5.22. The molecule has 1 aromatic carbocycles. The summed E-state index contributed by atoms with van der Waals surface area (Å²) in [5, 5.41) is 7.25. The zero-order valence-corrected chi connectivity index (χ0v) is 14.4. The van der Waals surface area contributed by atoms with Gasteiger partial charge in [-0.1, -0.05) is 18.2 Å². The largest absolute Gasteiger partial charge is 0.334 e. The van der Waals surface area contributed by atoms with E-state index >= 15 is 0 Å². The number of aromatic amines is 1. The molecule has 2 aliphatic heterocycles. The standard InChI is InChI=1S/C19H22N4O2/c1-13(24)22-10-5-4-8-18(22)15-12-16(21-20-15)19(25)23-11-9-14-6-2-3-7-17(14)23/h2-3,6-7,12,18H,4-5,8-11H2,1H3,(H,20,21). The second-order valence-corrected chi connectivity index (χ2v) is 6.77. The van der Waals surface area contributed by atoms with Crippen molar-refractivity contribution >= 4 is 17.5 Å². The fourth-order valence-electron chi connectivity index (χ4n) is 3.94. The Morgan fingerprint density at radius 1 is 1.20 bits per heavy atom. The lowest BCUT2D eigenvalue weighted by molar-refractivity contribution is -0.132. The van der Waals surface area contributed by atoms with Crippen molar-refractivity contribution in [2.75, 3.05) is 18.0 Å². The van der Waals surface area contributed by atoms with Gasteiger partial charge in [0.05, 0.1) is 11.7 Å². The smallest absolute Gasteiger partial charge is 0.278 e. The molecule has 2 amide bonds. The van der Waals surface area contributed by atoms with Crippen LogP contribution in [0.15, 0.2) is 30.3 Å². The third-order valence-electron chi connectivity index (χ3n) is 5.22. The number of benzene rings is 1. The summed E-state index contributed by atoms with van der Waals surface area (Å²) in [5.41, 5.74) is 3.44. The SMILES string of the molecule is CC(=O)N1CCCCC1c1cc(C(=O)N2CCc3ccccc32)n[nH]1. The maximum absolute atomic E-state index is 12.9. The average Bonchev–Trinajstić information content (AvgIpc) is 3.28. The first-order valence-electron chi connectivity index (χ1n) is 8.87. The molecule has 0 bridgehead atoms. The maximum atomic E-state index is 12.9. The van der Waals surface area contributed by atoms with Crippen molar-refractivity contribution < 1.29 is 9.59 Å². The second kappa shape index (κ2) is 6.35. The molecule has 0 saturated carbocycles. The highest BCUT2D eigenvalue weighted by Crippen LogP contribution is 2.32. The first-order chi connectivity index (χ1) is 12.1. The fourth-order valence-corrected chi connectivity index (χ4v) is 3.94. The number of nitrogens with one attached hydrogen (secondary N) is 1. The number of piperidine rings is 1. The number of rotatable bonds is 2. The molecule has 6 nitrogen and oxygen atoms in total. The van der Waals surface area contributed by atoms with Crippen LogP contribution >= 0.6 is 0 Å². The van der Waals surface area contributed by atoms with E-state index in [1.807, 2.05) is 29.2 Å². The maximum Gasteiger partial charge on any atom is 0.278 e. The minimum absolute atomic E-state index is 0.00818. The van der Waals surface area contributed by atoms with Crippen LogP contribution < -0.4 is 4.90 Å². The normalized spacial score (nSPS) is 19.8. The van der Waals surface area contributed by atoms with Gasteiger partial charge in [-0.2, -0.15) is 5.10 Å². The van der Waals surface area contributed by atoms with Gasteiger partial charge in [0, 0.05) is 25.7 Å². The van der Waals surface area contributed by atoms with E-state index in [1.165, 1.54) is 5.56 Å². The zero-order valence-electron chi connectivity index (χ0n) is 14.4. The van der Waals surface area contributed by atoms with Crippen molar-refractivity contribution in [3.63, 3.8) is 0 Å². The van der Waals surface area contributed by atoms with Gasteiger partial charge in [0.25, 0.3) is 5.91 Å². The number of likely N-dealkylation sites (tertiary alicyclic amines) is 1. The third kappa shape index (κ3) is 2.81. The molecule has 4 rings (SSSR count). The Balaban J connectivity index is 1.57. The van der Waals surface area contributed by atoms with Crippen LogP contribution in [0.2, 0.25) is 0 Å². The molecule has 1 saturated heterocycles. The summed E-state index contributed by atoms with van der Waals surface area (Å²) >= 11 is 0. The number of aromatic nitrogens is 2. The van der Waals surface area contributed by atoms with E-state index in [0.29, 0.717) is 12.2 Å². The molecule has 1 fully saturated rings. The van der Waals surface area contributed by atoms with E-state index < -0.39 is 0 Å². The fraction of sp³-hybridized carbons (Fsp3) is 0.421. The quantitative estimate of drug-likeness (QED) is 0.915. The van der Waals surface area contributed by atoms with E-state index in [1.54, 1.807) is 11.8 Å². The Bertz CT molecular complexity index is 813. The molecule has 3 heterocycles. The molecule has 0 radical (unpaired) electrons. The molecular formula is C19H22N4O2. The summed E-state index contributed by atoms with van der Waals surface area (Å²) in [5.74, 6) is -0.0155. The van der Waals surface area contributed by atoms with Crippen LogP contribution in [0.5, 0.6) is 0 Å². The molecular weight excluding hydrogens is 316 g/mol. The molecule has 1 N–H and O–H groups in total. The van der Waals surface area contributed by atoms with Crippen molar-refractivity contribution in [1.29, 1.82) is 0 Å². The van der Waals surface area contributed by atoms with Crippen molar-refractivity contribution in [1.82, 2.24) is 15.1 Å². The summed E-state index contributed by atoms with van der Waals surface area (Å²) in [7, 11) is 0. The number of carbonyl (C=O) groups is 2. The van der Waals surface area contributed by atoms with Gasteiger partial charge in [0.15, 0.2) is 5.69 Å². The van der Waals surface area contributed by atoms with Crippen LogP contribution in [0.3, 0.4) is 0 Å². The Morgan fingerprint density at radius 2 is 2.04 bits per heavy atom. The number of fused-ring (bicyclic) bond motifs is 1. The van der Waals surface area contributed by atoms with Gasteiger partial charge >= 0.3 is 0 Å². The van der Waals surface area contributed by atoms with Crippen LogP contribution in [-0.2, 0) is 11.2 Å². The van der Waals surface area contributed by atoms with Crippen LogP contribution in [0.25, 0.3) is 0 Å². The van der Waals surface area contributed by atoms with E-state index in [2.05, 4.69) is 16.3 Å². The number of anilines is 1. The van der Waals surface area contributed by atoms with E-state index in [-0.39, 0.29) is 17.9 Å². The van der Waals surface area contributed by atoms with Crippen LogP contribution in [0.1, 0.15) is 54.0 Å². The number of amides is 2. The number of hydrogen-bond acceptors (Lipinski definition) is 3. The Labute approximate surface area is 146 Å². The molecule has 1 atom stereocenters. The van der Waals surface area contributed by atoms with Crippen molar-refractivity contribution in [3.8, 4) is 0 Å². The van der Waals surface area contributed by atoms with Gasteiger partial charge in [-0.3, -0.25) is 14.7 Å². The number of nitrogens with zero attached hydrogens (tertiary/aromatic N) is 3. The number of hydrogen-bond donors (Lipinski definition) is 1. The molecule has 1 aromatic heterocycles. The van der Waals surface area contributed by atoms with Gasteiger partial charge in [0.2, 0.25) is 5.91 Å². The Hall–Kier alpha value is -2.63. The van der Waals surface area contributed by atoms with Crippen molar-refractivity contribution in [2.45, 2.75) is 38.6 Å². The van der Waals surface area contributed by atoms with Crippen molar-refractivity contribution in [3.05, 3.63) is 47.3 Å². The zero-order chi connectivity index (χ0) is 17.4. The lowest BCUT2D eigenvalue weighted by atomic mass is 9.99. The molecule has 0 spiro atoms. The van der Waals surface area contributed by atoms with Gasteiger partial charge in [0.1, 0.15) is 0 Å². The molecule has 2 aromatic rings. The van der Waals surface area contributed by atoms with Crippen molar-refractivity contribution in [2.24, 2.45) is 0 Å². The summed E-state index contributed by atoms with van der Waals surface area (Å²) < 4.78 is 0. The Kier molecular flexibility index (Phi) is 4.03. The number of H-pyrrole nitrogens is 1. The minimum Gasteiger partial charge on any atom is -0.334 e. The molecule has 0 aliphatic carbocycles. The van der Waals surface area contributed by atoms with Gasteiger partial charge in [-0.05, 0) is 43.4 Å². The first-order valence-corrected chi connectivity index (χ1v) is 8.87. The van der Waals surface area contributed by atoms with Crippen LogP contribution in [0.4, 0.5) is 5.69 Å². The van der Waals surface area contributed by atoms with Gasteiger partial charge < -0.3 is 9.80 Å². The highest BCUT2D eigenvalue weighted by molar-refractivity contribution is 6.06. The number of para-hydroxylation sites is 1. The average molecular weight is 338 g/mol. The number of carbonyl (C=O) groups excluding carboxylic acids is 2. The molecule has 25 heavy (non-hydrogen) atoms. The topological polar surface area (TPSA) is 69.3 Å². The highest BCUT2D eigenvalue weighted by Gasteiger charge is 2.30.